The molecule has 1 unspecified atom stereocenters. The van der Waals surface area contributed by atoms with E-state index in [4.69, 9.17) is 0 Å². The van der Waals surface area contributed by atoms with Crippen molar-refractivity contribution in [3.63, 3.8) is 0 Å². The van der Waals surface area contributed by atoms with Crippen LogP contribution >= 0.6 is 0 Å². The third kappa shape index (κ3) is 5.14. The van der Waals surface area contributed by atoms with Gasteiger partial charge in [-0.15, -0.1) is 0 Å². The third-order valence-electron chi connectivity index (χ3n) is 4.00. The lowest BCUT2D eigenvalue weighted by Gasteiger charge is -2.25. The van der Waals surface area contributed by atoms with Gasteiger partial charge in [0.2, 0.25) is 10.0 Å². The van der Waals surface area contributed by atoms with Crippen LogP contribution in [0, 0.1) is 0 Å². The summed E-state index contributed by atoms with van der Waals surface area (Å²) in [6.45, 7) is 2.42. The van der Waals surface area contributed by atoms with Gasteiger partial charge in [0.25, 0.3) is 5.91 Å². The van der Waals surface area contributed by atoms with Crippen molar-refractivity contribution in [1.82, 2.24) is 14.9 Å². The average Bonchev–Trinajstić information content (AvgIpc) is 2.62. The Labute approximate surface area is 155 Å². The molecular formula is C19H25N3O3S. The zero-order valence-corrected chi connectivity index (χ0v) is 16.1. The monoisotopic (exact) mass is 375 g/mol. The standard InChI is InChI=1S/C19H25N3O3S/c1-4-21-26(24,25)17-12-8-11-16(13-17)19(23)20-14-18(22(2)3)15-9-6-5-7-10-15/h5-13,18,21H,4,14H2,1-3H3,(H,20,23). The molecule has 2 N–H and O–H groups in total. The molecule has 2 rings (SSSR count). The first kappa shape index (κ1) is 20.1. The molecule has 0 aromatic heterocycles. The number of rotatable bonds is 8. The predicted molar refractivity (Wildman–Crippen MR) is 103 cm³/mol. The molecule has 0 bridgehead atoms. The zero-order chi connectivity index (χ0) is 19.2. The van der Waals surface area contributed by atoms with E-state index in [0.717, 1.165) is 5.56 Å². The molecular weight excluding hydrogens is 350 g/mol. The van der Waals surface area contributed by atoms with Crippen molar-refractivity contribution in [1.29, 1.82) is 0 Å². The highest BCUT2D eigenvalue weighted by Gasteiger charge is 2.18. The molecule has 0 aliphatic carbocycles. The lowest BCUT2D eigenvalue weighted by molar-refractivity contribution is 0.0941. The number of nitrogens with one attached hydrogen (secondary N) is 2. The van der Waals surface area contributed by atoms with E-state index in [2.05, 4.69) is 10.0 Å². The maximum absolute atomic E-state index is 12.5. The maximum Gasteiger partial charge on any atom is 0.251 e. The van der Waals surface area contributed by atoms with Crippen LogP contribution in [0.4, 0.5) is 0 Å². The average molecular weight is 375 g/mol. The molecule has 1 atom stereocenters. The van der Waals surface area contributed by atoms with Crippen LogP contribution in [0.2, 0.25) is 0 Å². The molecule has 0 heterocycles. The first-order valence-corrected chi connectivity index (χ1v) is 9.92. The van der Waals surface area contributed by atoms with E-state index in [1.807, 2.05) is 49.3 Å². The highest BCUT2D eigenvalue weighted by atomic mass is 32.2. The minimum Gasteiger partial charge on any atom is -0.350 e. The molecule has 2 aromatic rings. The number of carbonyl (C=O) groups excluding carboxylic acids is 1. The van der Waals surface area contributed by atoms with Crippen LogP contribution in [0.3, 0.4) is 0 Å². The van der Waals surface area contributed by atoms with E-state index >= 15 is 0 Å². The number of amides is 1. The summed E-state index contributed by atoms with van der Waals surface area (Å²) in [5.74, 6) is -0.304. The number of benzene rings is 2. The molecule has 1 amide bonds. The Bertz CT molecular complexity index is 836. The maximum atomic E-state index is 12.5. The summed E-state index contributed by atoms with van der Waals surface area (Å²) in [4.78, 5) is 14.6. The Balaban J connectivity index is 2.12. The summed E-state index contributed by atoms with van der Waals surface area (Å²) in [5.41, 5.74) is 1.41. The van der Waals surface area contributed by atoms with Crippen LogP contribution in [-0.2, 0) is 10.0 Å². The Morgan fingerprint density at radius 2 is 1.77 bits per heavy atom. The van der Waals surface area contributed by atoms with Crippen molar-refractivity contribution >= 4 is 15.9 Å². The third-order valence-corrected chi connectivity index (χ3v) is 5.55. The van der Waals surface area contributed by atoms with E-state index < -0.39 is 10.0 Å². The lowest BCUT2D eigenvalue weighted by atomic mass is 10.1. The van der Waals surface area contributed by atoms with Crippen LogP contribution in [0.15, 0.2) is 59.5 Å². The van der Waals surface area contributed by atoms with Crippen LogP contribution in [0.25, 0.3) is 0 Å². The second-order valence-corrected chi connectivity index (χ2v) is 7.90. The Morgan fingerprint density at radius 3 is 2.38 bits per heavy atom. The van der Waals surface area contributed by atoms with Gasteiger partial charge < -0.3 is 10.2 Å². The number of carbonyl (C=O) groups is 1. The molecule has 2 aromatic carbocycles. The molecule has 26 heavy (non-hydrogen) atoms. The van der Waals surface area contributed by atoms with Crippen molar-refractivity contribution in [2.24, 2.45) is 0 Å². The van der Waals surface area contributed by atoms with Crippen LogP contribution in [-0.4, -0.2) is 46.4 Å². The van der Waals surface area contributed by atoms with Crippen molar-refractivity contribution in [3.05, 3.63) is 65.7 Å². The molecule has 0 aliphatic rings. The van der Waals surface area contributed by atoms with E-state index in [9.17, 15) is 13.2 Å². The Kier molecular flexibility index (Phi) is 6.90. The fraction of sp³-hybridized carbons (Fsp3) is 0.316. The van der Waals surface area contributed by atoms with E-state index in [1.54, 1.807) is 19.1 Å². The van der Waals surface area contributed by atoms with Crippen LogP contribution in [0.1, 0.15) is 28.9 Å². The van der Waals surface area contributed by atoms with Crippen molar-refractivity contribution in [2.45, 2.75) is 17.9 Å². The Hall–Kier alpha value is -2.22. The Morgan fingerprint density at radius 1 is 1.08 bits per heavy atom. The molecule has 0 saturated heterocycles. The van der Waals surface area contributed by atoms with Gasteiger partial charge in [0.05, 0.1) is 10.9 Å². The zero-order valence-electron chi connectivity index (χ0n) is 15.3. The van der Waals surface area contributed by atoms with Gasteiger partial charge in [-0.2, -0.15) is 0 Å². The number of nitrogens with zero attached hydrogens (tertiary/aromatic N) is 1. The normalized spacial score (nSPS) is 12.8. The van der Waals surface area contributed by atoms with Gasteiger partial charge in [-0.3, -0.25) is 4.79 Å². The molecule has 0 saturated carbocycles. The molecule has 0 fully saturated rings. The molecule has 0 spiro atoms. The molecule has 140 valence electrons. The molecule has 6 nitrogen and oxygen atoms in total. The summed E-state index contributed by atoms with van der Waals surface area (Å²) < 4.78 is 26.6. The van der Waals surface area contributed by atoms with E-state index in [1.165, 1.54) is 12.1 Å². The summed E-state index contributed by atoms with van der Waals surface area (Å²) in [5, 5.41) is 2.89. The smallest absolute Gasteiger partial charge is 0.251 e. The molecule has 0 radical (unpaired) electrons. The number of hydrogen-bond donors (Lipinski definition) is 2. The topological polar surface area (TPSA) is 78.5 Å². The first-order chi connectivity index (χ1) is 12.3. The second-order valence-electron chi connectivity index (χ2n) is 6.13. The fourth-order valence-electron chi connectivity index (χ4n) is 2.64. The largest absolute Gasteiger partial charge is 0.350 e. The summed E-state index contributed by atoms with van der Waals surface area (Å²) >= 11 is 0. The highest BCUT2D eigenvalue weighted by Crippen LogP contribution is 2.17. The van der Waals surface area contributed by atoms with Gasteiger partial charge >= 0.3 is 0 Å². The SMILES string of the molecule is CCNS(=O)(=O)c1cccc(C(=O)NCC(c2ccccc2)N(C)C)c1. The van der Waals surface area contributed by atoms with Gasteiger partial charge in [0, 0.05) is 18.7 Å². The predicted octanol–water partition coefficient (Wildman–Crippen LogP) is 2.02. The van der Waals surface area contributed by atoms with E-state index in [0.29, 0.717) is 18.7 Å². The minimum atomic E-state index is -3.59. The van der Waals surface area contributed by atoms with Gasteiger partial charge in [0.1, 0.15) is 0 Å². The van der Waals surface area contributed by atoms with Gasteiger partial charge in [-0.1, -0.05) is 43.3 Å². The van der Waals surface area contributed by atoms with E-state index in [-0.39, 0.29) is 16.8 Å². The summed E-state index contributed by atoms with van der Waals surface area (Å²) in [7, 11) is 0.311. The van der Waals surface area contributed by atoms with Crippen molar-refractivity contribution in [3.8, 4) is 0 Å². The molecule has 7 heteroatoms. The number of hydrogen-bond acceptors (Lipinski definition) is 4. The first-order valence-electron chi connectivity index (χ1n) is 8.44. The van der Waals surface area contributed by atoms with Crippen molar-refractivity contribution < 1.29 is 13.2 Å². The quantitative estimate of drug-likeness (QED) is 0.740. The van der Waals surface area contributed by atoms with Crippen LogP contribution < -0.4 is 10.0 Å². The number of likely N-dealkylation sites (N-methyl/N-ethyl adjacent to an activating group) is 1. The molecule has 0 aliphatic heterocycles. The van der Waals surface area contributed by atoms with Gasteiger partial charge in [-0.05, 0) is 37.9 Å². The summed E-state index contributed by atoms with van der Waals surface area (Å²) in [6.07, 6.45) is 0. The fourth-order valence-corrected chi connectivity index (χ4v) is 3.73. The van der Waals surface area contributed by atoms with Crippen LogP contribution in [0.5, 0.6) is 0 Å². The summed E-state index contributed by atoms with van der Waals surface area (Å²) in [6, 6.07) is 16.0. The number of sulfonamides is 1. The lowest BCUT2D eigenvalue weighted by Crippen LogP contribution is -2.34. The second kappa shape index (κ2) is 8.93. The van der Waals surface area contributed by atoms with Gasteiger partial charge in [-0.25, -0.2) is 13.1 Å². The van der Waals surface area contributed by atoms with Gasteiger partial charge in [0.15, 0.2) is 0 Å². The van der Waals surface area contributed by atoms with Crippen molar-refractivity contribution in [2.75, 3.05) is 27.2 Å². The highest BCUT2D eigenvalue weighted by molar-refractivity contribution is 7.89. The minimum absolute atomic E-state index is 0.0221.